The van der Waals surface area contributed by atoms with Crippen LogP contribution in [0.15, 0.2) is 0 Å². The Morgan fingerprint density at radius 3 is 2.85 bits per heavy atom. The maximum atomic E-state index is 10.9. The second-order valence-corrected chi connectivity index (χ2v) is 4.40. The van der Waals surface area contributed by atoms with Gasteiger partial charge in [0.2, 0.25) is 0 Å². The van der Waals surface area contributed by atoms with E-state index in [0.29, 0.717) is 6.61 Å². The van der Waals surface area contributed by atoms with E-state index >= 15 is 0 Å². The number of carbonyl (C=O) groups excluding carboxylic acids is 1. The SMILES string of the molecule is COC(=O)C(Br)COCCC1CC1. The molecular weight excluding hydrogens is 236 g/mol. The molecule has 13 heavy (non-hydrogen) atoms. The van der Waals surface area contributed by atoms with E-state index in [9.17, 15) is 4.79 Å². The summed E-state index contributed by atoms with van der Waals surface area (Å²) < 4.78 is 9.86. The molecular formula is C9H15BrO3. The van der Waals surface area contributed by atoms with Crippen LogP contribution in [0, 0.1) is 5.92 Å². The Kier molecular flexibility index (Phi) is 4.73. The van der Waals surface area contributed by atoms with Crippen molar-refractivity contribution in [2.45, 2.75) is 24.1 Å². The van der Waals surface area contributed by atoms with Gasteiger partial charge in [-0.2, -0.15) is 0 Å². The maximum absolute atomic E-state index is 10.9. The number of carbonyl (C=O) groups is 1. The number of rotatable bonds is 6. The molecule has 0 spiro atoms. The van der Waals surface area contributed by atoms with Crippen LogP contribution in [0.4, 0.5) is 0 Å². The third kappa shape index (κ3) is 4.62. The average Bonchev–Trinajstić information content (AvgIpc) is 2.94. The second kappa shape index (κ2) is 5.60. The highest BCUT2D eigenvalue weighted by atomic mass is 79.9. The zero-order chi connectivity index (χ0) is 9.68. The van der Waals surface area contributed by atoms with Crippen molar-refractivity contribution < 1.29 is 14.3 Å². The predicted octanol–water partition coefficient (Wildman–Crippen LogP) is 1.74. The molecule has 0 aromatic carbocycles. The molecule has 0 bridgehead atoms. The standard InChI is InChI=1S/C9H15BrO3/c1-12-9(11)8(10)6-13-5-4-7-2-3-7/h7-8H,2-6H2,1H3. The topological polar surface area (TPSA) is 35.5 Å². The minimum atomic E-state index is -0.322. The molecule has 0 saturated heterocycles. The van der Waals surface area contributed by atoms with Crippen molar-refractivity contribution in [3.8, 4) is 0 Å². The number of esters is 1. The van der Waals surface area contributed by atoms with Gasteiger partial charge in [-0.1, -0.05) is 28.8 Å². The first-order valence-electron chi connectivity index (χ1n) is 4.53. The minimum absolute atomic E-state index is 0.272. The predicted molar refractivity (Wildman–Crippen MR) is 52.9 cm³/mol. The number of hydrogen-bond acceptors (Lipinski definition) is 3. The van der Waals surface area contributed by atoms with Gasteiger partial charge in [0.25, 0.3) is 0 Å². The summed E-state index contributed by atoms with van der Waals surface area (Å²) in [5.41, 5.74) is 0. The normalized spacial score (nSPS) is 18.3. The van der Waals surface area contributed by atoms with E-state index in [4.69, 9.17) is 4.74 Å². The van der Waals surface area contributed by atoms with Crippen molar-refractivity contribution in [1.82, 2.24) is 0 Å². The summed E-state index contributed by atoms with van der Waals surface area (Å²) >= 11 is 3.19. The molecule has 0 aliphatic heterocycles. The summed E-state index contributed by atoms with van der Waals surface area (Å²) in [7, 11) is 1.38. The molecule has 3 nitrogen and oxygen atoms in total. The highest BCUT2D eigenvalue weighted by Crippen LogP contribution is 2.32. The van der Waals surface area contributed by atoms with Crippen LogP contribution in [0.25, 0.3) is 0 Å². The minimum Gasteiger partial charge on any atom is -0.468 e. The molecule has 0 radical (unpaired) electrons. The van der Waals surface area contributed by atoms with Crippen molar-refractivity contribution in [2.75, 3.05) is 20.3 Å². The smallest absolute Gasteiger partial charge is 0.321 e. The number of alkyl halides is 1. The van der Waals surface area contributed by atoms with Crippen molar-refractivity contribution in [3.05, 3.63) is 0 Å². The monoisotopic (exact) mass is 250 g/mol. The van der Waals surface area contributed by atoms with E-state index in [-0.39, 0.29) is 10.8 Å². The second-order valence-electron chi connectivity index (χ2n) is 3.30. The fraction of sp³-hybridized carbons (Fsp3) is 0.889. The van der Waals surface area contributed by atoms with E-state index < -0.39 is 0 Å². The highest BCUT2D eigenvalue weighted by Gasteiger charge is 2.21. The molecule has 0 aromatic rings. The van der Waals surface area contributed by atoms with Crippen LogP contribution >= 0.6 is 15.9 Å². The lowest BCUT2D eigenvalue weighted by atomic mass is 10.3. The van der Waals surface area contributed by atoms with E-state index in [2.05, 4.69) is 20.7 Å². The first kappa shape index (κ1) is 11.0. The third-order valence-corrected chi connectivity index (χ3v) is 2.73. The summed E-state index contributed by atoms with van der Waals surface area (Å²) in [5, 5.41) is 0. The molecule has 0 heterocycles. The van der Waals surface area contributed by atoms with Crippen LogP contribution < -0.4 is 0 Å². The fourth-order valence-corrected chi connectivity index (χ4v) is 1.41. The van der Waals surface area contributed by atoms with Gasteiger partial charge < -0.3 is 9.47 Å². The molecule has 1 fully saturated rings. The van der Waals surface area contributed by atoms with Crippen LogP contribution in [-0.4, -0.2) is 31.1 Å². The first-order chi connectivity index (χ1) is 6.24. The quantitative estimate of drug-likeness (QED) is 0.410. The van der Waals surface area contributed by atoms with Crippen LogP contribution in [0.1, 0.15) is 19.3 Å². The molecule has 1 aliphatic rings. The largest absolute Gasteiger partial charge is 0.468 e. The van der Waals surface area contributed by atoms with Gasteiger partial charge in [-0.05, 0) is 12.3 Å². The van der Waals surface area contributed by atoms with Gasteiger partial charge >= 0.3 is 5.97 Å². The Morgan fingerprint density at radius 1 is 1.62 bits per heavy atom. The van der Waals surface area contributed by atoms with Gasteiger partial charge in [-0.15, -0.1) is 0 Å². The Balaban J connectivity index is 1.93. The van der Waals surface area contributed by atoms with Gasteiger partial charge in [0.1, 0.15) is 4.83 Å². The van der Waals surface area contributed by atoms with Crippen LogP contribution in [0.3, 0.4) is 0 Å². The van der Waals surface area contributed by atoms with Crippen molar-refractivity contribution >= 4 is 21.9 Å². The zero-order valence-electron chi connectivity index (χ0n) is 7.79. The number of halogens is 1. The first-order valence-corrected chi connectivity index (χ1v) is 5.45. The molecule has 0 aromatic heterocycles. The average molecular weight is 251 g/mol. The zero-order valence-corrected chi connectivity index (χ0v) is 9.38. The Labute approximate surface area is 86.9 Å². The van der Waals surface area contributed by atoms with Gasteiger partial charge in [-0.3, -0.25) is 4.79 Å². The molecule has 4 heteroatoms. The summed E-state index contributed by atoms with van der Waals surface area (Å²) in [5.74, 6) is 0.610. The number of ether oxygens (including phenoxy) is 2. The third-order valence-electron chi connectivity index (χ3n) is 2.09. The van der Waals surface area contributed by atoms with E-state index in [1.165, 1.54) is 20.0 Å². The Hall–Kier alpha value is -0.0900. The van der Waals surface area contributed by atoms with E-state index in [0.717, 1.165) is 18.9 Å². The lowest BCUT2D eigenvalue weighted by Crippen LogP contribution is -2.21. The van der Waals surface area contributed by atoms with Crippen LogP contribution in [0.5, 0.6) is 0 Å². The molecule has 1 saturated carbocycles. The summed E-state index contributed by atoms with van der Waals surface area (Å²) in [6.07, 6.45) is 3.82. The van der Waals surface area contributed by atoms with Crippen molar-refractivity contribution in [3.63, 3.8) is 0 Å². The molecule has 76 valence electrons. The van der Waals surface area contributed by atoms with Gasteiger partial charge in [-0.25, -0.2) is 0 Å². The van der Waals surface area contributed by atoms with Crippen molar-refractivity contribution in [1.29, 1.82) is 0 Å². The van der Waals surface area contributed by atoms with Crippen LogP contribution in [0.2, 0.25) is 0 Å². The summed E-state index contributed by atoms with van der Waals surface area (Å²) in [6, 6.07) is 0. The summed E-state index contributed by atoms with van der Waals surface area (Å²) in [6.45, 7) is 1.16. The molecule has 1 aliphatic carbocycles. The van der Waals surface area contributed by atoms with Gasteiger partial charge in [0, 0.05) is 6.61 Å². The van der Waals surface area contributed by atoms with Gasteiger partial charge in [0.15, 0.2) is 0 Å². The number of methoxy groups -OCH3 is 1. The van der Waals surface area contributed by atoms with E-state index in [1.807, 2.05) is 0 Å². The highest BCUT2D eigenvalue weighted by molar-refractivity contribution is 9.10. The molecule has 1 unspecified atom stereocenters. The van der Waals surface area contributed by atoms with Crippen LogP contribution in [-0.2, 0) is 14.3 Å². The Bertz CT molecular complexity index is 168. The lowest BCUT2D eigenvalue weighted by molar-refractivity contribution is -0.140. The van der Waals surface area contributed by atoms with E-state index in [1.54, 1.807) is 0 Å². The molecule has 0 N–H and O–H groups in total. The van der Waals surface area contributed by atoms with Crippen molar-refractivity contribution in [2.24, 2.45) is 5.92 Å². The lowest BCUT2D eigenvalue weighted by Gasteiger charge is -2.07. The molecule has 0 amide bonds. The molecule has 1 atom stereocenters. The maximum Gasteiger partial charge on any atom is 0.321 e. The summed E-state index contributed by atoms with van der Waals surface area (Å²) in [4.78, 5) is 10.6. The Morgan fingerprint density at radius 2 is 2.31 bits per heavy atom. The fourth-order valence-electron chi connectivity index (χ4n) is 1.04. The number of hydrogen-bond donors (Lipinski definition) is 0. The molecule has 1 rings (SSSR count). The van der Waals surface area contributed by atoms with Gasteiger partial charge in [0.05, 0.1) is 13.7 Å².